The Kier molecular flexibility index (Phi) is 4.54. The van der Waals surface area contributed by atoms with Crippen molar-refractivity contribution in [2.24, 2.45) is 0 Å². The minimum Gasteiger partial charge on any atom is -0.478 e. The molecule has 2 rings (SSSR count). The number of hydrogen-bond acceptors (Lipinski definition) is 5. The van der Waals surface area contributed by atoms with Crippen molar-refractivity contribution in [1.82, 2.24) is 0 Å². The summed E-state index contributed by atoms with van der Waals surface area (Å²) in [6.45, 7) is 2.39. The fourth-order valence-corrected chi connectivity index (χ4v) is 2.98. The summed E-state index contributed by atoms with van der Waals surface area (Å²) in [6, 6.07) is 6.02. The highest BCUT2D eigenvalue weighted by molar-refractivity contribution is 7.10. The van der Waals surface area contributed by atoms with E-state index in [2.05, 4.69) is 5.32 Å². The summed E-state index contributed by atoms with van der Waals surface area (Å²) < 4.78 is 0. The molecule has 0 aliphatic rings. The van der Waals surface area contributed by atoms with Crippen molar-refractivity contribution in [1.29, 1.82) is 0 Å². The maximum Gasteiger partial charge on any atom is 0.338 e. The highest BCUT2D eigenvalue weighted by Crippen LogP contribution is 2.29. The third-order valence-electron chi connectivity index (χ3n) is 3.11. The van der Waals surface area contributed by atoms with Gasteiger partial charge in [-0.05, 0) is 29.5 Å². The van der Waals surface area contributed by atoms with Crippen molar-refractivity contribution in [3.05, 3.63) is 55.8 Å². The molecule has 6 nitrogen and oxygen atoms in total. The van der Waals surface area contributed by atoms with Gasteiger partial charge in [0.2, 0.25) is 0 Å². The van der Waals surface area contributed by atoms with Gasteiger partial charge in [0.1, 0.15) is 5.69 Å². The topological polar surface area (TPSA) is 92.5 Å². The van der Waals surface area contributed by atoms with Crippen LogP contribution in [0, 0.1) is 10.1 Å². The van der Waals surface area contributed by atoms with Crippen LogP contribution in [0.2, 0.25) is 0 Å². The number of benzene rings is 1. The summed E-state index contributed by atoms with van der Waals surface area (Å²) in [7, 11) is 0. The summed E-state index contributed by atoms with van der Waals surface area (Å²) in [5, 5.41) is 25.1. The first-order chi connectivity index (χ1) is 10.0. The summed E-state index contributed by atoms with van der Waals surface area (Å²) in [6.07, 6.45) is 0.864. The third kappa shape index (κ3) is 3.19. The van der Waals surface area contributed by atoms with Gasteiger partial charge in [0.25, 0.3) is 5.69 Å². The Morgan fingerprint density at radius 2 is 2.19 bits per heavy atom. The van der Waals surface area contributed by atoms with Gasteiger partial charge in [0.15, 0.2) is 0 Å². The molecule has 0 fully saturated rings. The van der Waals surface area contributed by atoms with E-state index in [1.807, 2.05) is 18.4 Å². The van der Waals surface area contributed by atoms with Gasteiger partial charge in [0, 0.05) is 17.5 Å². The predicted molar refractivity (Wildman–Crippen MR) is 81.1 cm³/mol. The number of carboxylic acids is 1. The number of carbonyl (C=O) groups is 1. The van der Waals surface area contributed by atoms with E-state index >= 15 is 0 Å². The lowest BCUT2D eigenvalue weighted by Gasteiger charge is -2.10. The second-order valence-electron chi connectivity index (χ2n) is 4.34. The van der Waals surface area contributed by atoms with Crippen molar-refractivity contribution in [2.75, 3.05) is 5.32 Å². The monoisotopic (exact) mass is 306 g/mol. The van der Waals surface area contributed by atoms with Gasteiger partial charge in [-0.15, -0.1) is 11.3 Å². The molecule has 2 N–H and O–H groups in total. The molecule has 0 aliphatic carbocycles. The molecule has 110 valence electrons. The van der Waals surface area contributed by atoms with Crippen LogP contribution in [-0.4, -0.2) is 16.0 Å². The van der Waals surface area contributed by atoms with Crippen LogP contribution in [-0.2, 0) is 13.0 Å². The number of thiophene rings is 1. The second kappa shape index (κ2) is 6.36. The first kappa shape index (κ1) is 15.0. The highest BCUT2D eigenvalue weighted by atomic mass is 32.1. The number of nitrogens with one attached hydrogen (secondary N) is 1. The molecule has 0 aliphatic heterocycles. The van der Waals surface area contributed by atoms with Gasteiger partial charge in [-0.2, -0.15) is 0 Å². The van der Waals surface area contributed by atoms with E-state index in [9.17, 15) is 14.9 Å². The first-order valence-electron chi connectivity index (χ1n) is 6.34. The maximum absolute atomic E-state index is 11.2. The van der Waals surface area contributed by atoms with E-state index in [0.29, 0.717) is 6.54 Å². The number of rotatable bonds is 6. The van der Waals surface area contributed by atoms with E-state index in [1.54, 1.807) is 11.3 Å². The van der Waals surface area contributed by atoms with Crippen LogP contribution >= 0.6 is 11.3 Å². The van der Waals surface area contributed by atoms with Crippen LogP contribution < -0.4 is 5.32 Å². The molecule has 0 radical (unpaired) electrons. The van der Waals surface area contributed by atoms with Gasteiger partial charge >= 0.3 is 5.97 Å². The summed E-state index contributed by atoms with van der Waals surface area (Å²) >= 11 is 1.54. The molecule has 2 aromatic rings. The standard InChI is InChI=1S/C14H14N2O4S/c1-2-9-6-7-21-12(9)8-15-13-10(14(17)18)4-3-5-11(13)16(19)20/h3-7,15H,2,8H2,1H3,(H,17,18). The number of nitrogens with zero attached hydrogens (tertiary/aromatic N) is 1. The number of hydrogen-bond donors (Lipinski definition) is 2. The van der Waals surface area contributed by atoms with Crippen LogP contribution in [0.25, 0.3) is 0 Å². The molecule has 0 atom stereocenters. The Balaban J connectivity index is 2.34. The first-order valence-corrected chi connectivity index (χ1v) is 7.22. The van der Waals surface area contributed by atoms with Crippen LogP contribution in [0.3, 0.4) is 0 Å². The lowest BCUT2D eigenvalue weighted by atomic mass is 10.1. The SMILES string of the molecule is CCc1ccsc1CNc1c(C(=O)O)cccc1[N+](=O)[O-]. The Hall–Kier alpha value is -2.41. The van der Waals surface area contributed by atoms with Crippen molar-refractivity contribution in [3.8, 4) is 0 Å². The molecular formula is C14H14N2O4S. The molecular weight excluding hydrogens is 292 g/mol. The normalized spacial score (nSPS) is 10.3. The largest absolute Gasteiger partial charge is 0.478 e. The van der Waals surface area contributed by atoms with E-state index in [0.717, 1.165) is 16.9 Å². The lowest BCUT2D eigenvalue weighted by Crippen LogP contribution is -2.09. The van der Waals surface area contributed by atoms with Crippen LogP contribution in [0.5, 0.6) is 0 Å². The van der Waals surface area contributed by atoms with Crippen LogP contribution in [0.4, 0.5) is 11.4 Å². The quantitative estimate of drug-likeness (QED) is 0.629. The average molecular weight is 306 g/mol. The zero-order valence-electron chi connectivity index (χ0n) is 11.3. The fraction of sp³-hybridized carbons (Fsp3) is 0.214. The minimum absolute atomic E-state index is 0.0467. The third-order valence-corrected chi connectivity index (χ3v) is 4.08. The summed E-state index contributed by atoms with van der Waals surface area (Å²) in [5.74, 6) is -1.19. The van der Waals surface area contributed by atoms with Crippen molar-refractivity contribution in [3.63, 3.8) is 0 Å². The lowest BCUT2D eigenvalue weighted by molar-refractivity contribution is -0.384. The number of para-hydroxylation sites is 1. The Labute approximate surface area is 125 Å². The molecule has 0 amide bonds. The Morgan fingerprint density at radius 3 is 2.81 bits per heavy atom. The molecule has 0 spiro atoms. The van der Waals surface area contributed by atoms with E-state index in [-0.39, 0.29) is 16.9 Å². The van der Waals surface area contributed by atoms with Crippen molar-refractivity contribution < 1.29 is 14.8 Å². The minimum atomic E-state index is -1.19. The molecule has 7 heteroatoms. The molecule has 0 saturated carbocycles. The van der Waals surface area contributed by atoms with Gasteiger partial charge in [-0.25, -0.2) is 4.79 Å². The number of anilines is 1. The van der Waals surface area contributed by atoms with Gasteiger partial charge in [0.05, 0.1) is 10.5 Å². The molecule has 0 saturated heterocycles. The highest BCUT2D eigenvalue weighted by Gasteiger charge is 2.21. The Bertz CT molecular complexity index is 649. The van der Waals surface area contributed by atoms with E-state index in [1.165, 1.54) is 18.2 Å². The zero-order chi connectivity index (χ0) is 15.4. The smallest absolute Gasteiger partial charge is 0.338 e. The number of aromatic carboxylic acids is 1. The number of nitro groups is 1. The van der Waals surface area contributed by atoms with Crippen molar-refractivity contribution >= 4 is 28.7 Å². The number of nitro benzene ring substituents is 1. The van der Waals surface area contributed by atoms with Crippen LogP contribution in [0.15, 0.2) is 29.6 Å². The van der Waals surface area contributed by atoms with Gasteiger partial charge in [-0.3, -0.25) is 10.1 Å². The molecule has 1 heterocycles. The molecule has 1 aromatic heterocycles. The zero-order valence-corrected chi connectivity index (χ0v) is 12.1. The van der Waals surface area contributed by atoms with E-state index in [4.69, 9.17) is 5.11 Å². The second-order valence-corrected chi connectivity index (χ2v) is 5.34. The van der Waals surface area contributed by atoms with Crippen molar-refractivity contribution in [2.45, 2.75) is 19.9 Å². The number of carboxylic acid groups (broad SMARTS) is 1. The average Bonchev–Trinajstić information content (AvgIpc) is 2.91. The maximum atomic E-state index is 11.2. The van der Waals surface area contributed by atoms with Gasteiger partial charge < -0.3 is 10.4 Å². The van der Waals surface area contributed by atoms with E-state index < -0.39 is 10.9 Å². The molecule has 0 unspecified atom stereocenters. The van der Waals surface area contributed by atoms with Gasteiger partial charge in [-0.1, -0.05) is 13.0 Å². The Morgan fingerprint density at radius 1 is 1.43 bits per heavy atom. The number of aryl methyl sites for hydroxylation is 1. The molecule has 0 bridgehead atoms. The summed E-state index contributed by atoms with van der Waals surface area (Å²) in [5.41, 5.74) is 0.872. The molecule has 21 heavy (non-hydrogen) atoms. The predicted octanol–water partition coefficient (Wildman–Crippen LogP) is 3.53. The molecule has 1 aromatic carbocycles. The fourth-order valence-electron chi connectivity index (χ4n) is 2.06. The summed E-state index contributed by atoms with van der Waals surface area (Å²) in [4.78, 5) is 22.7. The van der Waals surface area contributed by atoms with Crippen LogP contribution in [0.1, 0.15) is 27.7 Å².